The molecule has 0 spiro atoms. The third-order valence-electron chi connectivity index (χ3n) is 2.59. The second kappa shape index (κ2) is 6.02. The van der Waals surface area contributed by atoms with E-state index in [-0.39, 0.29) is 5.56 Å². The SMILES string of the molecule is COc1nc(C(=O)CF)c(OC(N)=O)c(C(C)(C)C)c1F. The minimum absolute atomic E-state index is 0.148. The first-order valence-electron chi connectivity index (χ1n) is 5.97. The van der Waals surface area contributed by atoms with Crippen molar-refractivity contribution in [1.82, 2.24) is 4.98 Å². The molecule has 0 bridgehead atoms. The van der Waals surface area contributed by atoms with Crippen LogP contribution in [0.1, 0.15) is 36.8 Å². The highest BCUT2D eigenvalue weighted by Crippen LogP contribution is 2.39. The van der Waals surface area contributed by atoms with Crippen molar-refractivity contribution in [2.24, 2.45) is 5.73 Å². The molecule has 0 aliphatic rings. The normalized spacial score (nSPS) is 11.1. The predicted molar refractivity (Wildman–Crippen MR) is 70.0 cm³/mol. The Morgan fingerprint density at radius 1 is 1.33 bits per heavy atom. The lowest BCUT2D eigenvalue weighted by molar-refractivity contribution is 0.0949. The average molecular weight is 302 g/mol. The van der Waals surface area contributed by atoms with Crippen LogP contribution in [0.25, 0.3) is 0 Å². The van der Waals surface area contributed by atoms with Gasteiger partial charge in [0.25, 0.3) is 5.88 Å². The molecule has 0 saturated heterocycles. The molecular formula is C13H16F2N2O4. The molecule has 116 valence electrons. The van der Waals surface area contributed by atoms with E-state index in [1.54, 1.807) is 20.8 Å². The van der Waals surface area contributed by atoms with Crippen LogP contribution in [-0.2, 0) is 5.41 Å². The monoisotopic (exact) mass is 302 g/mol. The number of alkyl halides is 1. The number of primary amides is 1. The van der Waals surface area contributed by atoms with E-state index in [1.165, 1.54) is 0 Å². The molecule has 0 radical (unpaired) electrons. The van der Waals surface area contributed by atoms with E-state index < -0.39 is 47.1 Å². The number of nitrogens with two attached hydrogens (primary N) is 1. The second-order valence-corrected chi connectivity index (χ2v) is 5.22. The molecule has 1 aromatic rings. The van der Waals surface area contributed by atoms with Crippen molar-refractivity contribution in [2.45, 2.75) is 26.2 Å². The number of carbonyl (C=O) groups is 2. The Labute approximate surface area is 120 Å². The number of aromatic nitrogens is 1. The molecule has 1 rings (SSSR count). The van der Waals surface area contributed by atoms with Crippen molar-refractivity contribution in [2.75, 3.05) is 13.8 Å². The van der Waals surface area contributed by atoms with E-state index in [0.29, 0.717) is 0 Å². The van der Waals surface area contributed by atoms with Gasteiger partial charge in [-0.05, 0) is 5.41 Å². The van der Waals surface area contributed by atoms with Gasteiger partial charge in [0.15, 0.2) is 23.9 Å². The molecule has 0 unspecified atom stereocenters. The van der Waals surface area contributed by atoms with E-state index in [9.17, 15) is 18.4 Å². The van der Waals surface area contributed by atoms with Crippen LogP contribution in [0.5, 0.6) is 11.6 Å². The summed E-state index contributed by atoms with van der Waals surface area (Å²) in [6, 6.07) is 0. The molecule has 21 heavy (non-hydrogen) atoms. The van der Waals surface area contributed by atoms with Gasteiger partial charge in [0.05, 0.1) is 7.11 Å². The summed E-state index contributed by atoms with van der Waals surface area (Å²) in [4.78, 5) is 26.2. The number of methoxy groups -OCH3 is 1. The van der Waals surface area contributed by atoms with Gasteiger partial charge in [0.1, 0.15) is 0 Å². The molecule has 0 saturated carbocycles. The first-order chi connectivity index (χ1) is 9.63. The number of ketones is 1. The van der Waals surface area contributed by atoms with Gasteiger partial charge in [0.2, 0.25) is 5.78 Å². The summed E-state index contributed by atoms with van der Waals surface area (Å²) in [7, 11) is 1.15. The van der Waals surface area contributed by atoms with E-state index in [4.69, 9.17) is 15.2 Å². The fourth-order valence-electron chi connectivity index (χ4n) is 1.78. The van der Waals surface area contributed by atoms with Crippen LogP contribution in [0.2, 0.25) is 0 Å². The van der Waals surface area contributed by atoms with Crippen LogP contribution < -0.4 is 15.2 Å². The van der Waals surface area contributed by atoms with Crippen LogP contribution in [0, 0.1) is 5.82 Å². The summed E-state index contributed by atoms with van der Waals surface area (Å²) in [5.74, 6) is -2.96. The first-order valence-corrected chi connectivity index (χ1v) is 5.97. The number of nitrogens with zero attached hydrogens (tertiary/aromatic N) is 1. The smallest absolute Gasteiger partial charge is 0.410 e. The van der Waals surface area contributed by atoms with Gasteiger partial charge < -0.3 is 15.2 Å². The summed E-state index contributed by atoms with van der Waals surface area (Å²) < 4.78 is 36.5. The minimum Gasteiger partial charge on any atom is -0.479 e. The number of amides is 1. The van der Waals surface area contributed by atoms with E-state index in [0.717, 1.165) is 7.11 Å². The zero-order valence-corrected chi connectivity index (χ0v) is 12.1. The lowest BCUT2D eigenvalue weighted by Gasteiger charge is -2.24. The lowest BCUT2D eigenvalue weighted by atomic mass is 9.85. The molecule has 0 aliphatic carbocycles. The van der Waals surface area contributed by atoms with Crippen LogP contribution >= 0.6 is 0 Å². The Hall–Kier alpha value is -2.25. The fraction of sp³-hybridized carbons (Fsp3) is 0.462. The molecule has 8 heteroatoms. The highest BCUT2D eigenvalue weighted by molar-refractivity contribution is 5.99. The zero-order chi connectivity index (χ0) is 16.4. The largest absolute Gasteiger partial charge is 0.479 e. The van der Waals surface area contributed by atoms with E-state index in [2.05, 4.69) is 4.98 Å². The van der Waals surface area contributed by atoms with Crippen LogP contribution in [-0.4, -0.2) is 30.6 Å². The Kier molecular flexibility index (Phi) is 4.82. The molecule has 1 aromatic heterocycles. The summed E-state index contributed by atoms with van der Waals surface area (Å²) in [5.41, 5.74) is 3.35. The topological polar surface area (TPSA) is 91.5 Å². The number of carbonyl (C=O) groups excluding carboxylic acids is 2. The third-order valence-corrected chi connectivity index (χ3v) is 2.59. The summed E-state index contributed by atoms with van der Waals surface area (Å²) in [5, 5.41) is 0. The molecule has 0 fully saturated rings. The Morgan fingerprint density at radius 3 is 2.29 bits per heavy atom. The van der Waals surface area contributed by atoms with Gasteiger partial charge in [-0.1, -0.05) is 20.8 Å². The lowest BCUT2D eigenvalue weighted by Crippen LogP contribution is -2.25. The van der Waals surface area contributed by atoms with Gasteiger partial charge in [-0.3, -0.25) is 4.79 Å². The molecule has 1 heterocycles. The third kappa shape index (κ3) is 3.45. The Bertz CT molecular complexity index is 583. The van der Waals surface area contributed by atoms with Crippen molar-refractivity contribution in [3.05, 3.63) is 17.1 Å². The number of pyridine rings is 1. The number of Topliss-reactive ketones (excluding diaryl/α,β-unsaturated/α-hetero) is 1. The molecule has 2 N–H and O–H groups in total. The highest BCUT2D eigenvalue weighted by Gasteiger charge is 2.33. The zero-order valence-electron chi connectivity index (χ0n) is 12.1. The molecule has 0 atom stereocenters. The van der Waals surface area contributed by atoms with Gasteiger partial charge in [-0.25, -0.2) is 18.6 Å². The van der Waals surface area contributed by atoms with Crippen LogP contribution in [0.15, 0.2) is 0 Å². The maximum atomic E-state index is 14.4. The highest BCUT2D eigenvalue weighted by atomic mass is 19.1. The average Bonchev–Trinajstić information content (AvgIpc) is 2.36. The summed E-state index contributed by atoms with van der Waals surface area (Å²) in [6.07, 6.45) is -1.26. The fourth-order valence-corrected chi connectivity index (χ4v) is 1.78. The maximum Gasteiger partial charge on any atom is 0.410 e. The van der Waals surface area contributed by atoms with Crippen molar-refractivity contribution >= 4 is 11.9 Å². The van der Waals surface area contributed by atoms with Crippen molar-refractivity contribution in [3.63, 3.8) is 0 Å². The van der Waals surface area contributed by atoms with Crippen molar-refractivity contribution in [3.8, 4) is 11.6 Å². The molecular weight excluding hydrogens is 286 g/mol. The maximum absolute atomic E-state index is 14.4. The number of hydrogen-bond donors (Lipinski definition) is 1. The van der Waals surface area contributed by atoms with E-state index in [1.807, 2.05) is 0 Å². The number of hydrogen-bond acceptors (Lipinski definition) is 5. The summed E-state index contributed by atoms with van der Waals surface area (Å²) in [6.45, 7) is 3.45. The van der Waals surface area contributed by atoms with Gasteiger partial charge in [-0.15, -0.1) is 0 Å². The number of ether oxygens (including phenoxy) is 2. The van der Waals surface area contributed by atoms with Gasteiger partial charge >= 0.3 is 6.09 Å². The quantitative estimate of drug-likeness (QED) is 0.860. The molecule has 0 aliphatic heterocycles. The van der Waals surface area contributed by atoms with Gasteiger partial charge in [0, 0.05) is 5.56 Å². The summed E-state index contributed by atoms with van der Waals surface area (Å²) >= 11 is 0. The first kappa shape index (κ1) is 16.8. The molecule has 0 aromatic carbocycles. The van der Waals surface area contributed by atoms with E-state index >= 15 is 0 Å². The predicted octanol–water partition coefficient (Wildman–Crippen LogP) is 2.14. The molecule has 1 amide bonds. The number of halogens is 2. The Balaban J connectivity index is 3.78. The van der Waals surface area contributed by atoms with Crippen LogP contribution in [0.3, 0.4) is 0 Å². The molecule has 6 nitrogen and oxygen atoms in total. The standard InChI is InChI=1S/C13H16F2N2O4/c1-13(2,3)7-8(15)11(20-4)17-9(6(18)5-14)10(7)21-12(16)19/h5H2,1-4H3,(H2,16,19). The van der Waals surface area contributed by atoms with Crippen molar-refractivity contribution < 1.29 is 27.8 Å². The Morgan fingerprint density at radius 2 is 1.90 bits per heavy atom. The second-order valence-electron chi connectivity index (χ2n) is 5.22. The van der Waals surface area contributed by atoms with Crippen molar-refractivity contribution in [1.29, 1.82) is 0 Å². The van der Waals surface area contributed by atoms with Gasteiger partial charge in [-0.2, -0.15) is 0 Å². The number of rotatable bonds is 4. The van der Waals surface area contributed by atoms with Crippen LogP contribution in [0.4, 0.5) is 13.6 Å². The minimum atomic E-state index is -1.39.